The molecular weight excluding hydrogens is 356 g/mol. The first-order valence-electron chi connectivity index (χ1n) is 9.18. The molecule has 1 aromatic rings. The van der Waals surface area contributed by atoms with Gasteiger partial charge in [-0.15, -0.1) is 6.58 Å². The molecule has 0 unspecified atom stereocenters. The Hall–Kier alpha value is -2.27. The second kappa shape index (κ2) is 7.04. The van der Waals surface area contributed by atoms with E-state index in [2.05, 4.69) is 64.3 Å². The SMILES string of the molecule is C=CCN1C(=O)S/C(=C\c2cc3c(cc2C)N(CC)C(C)(C)C=C3C)C1=O. The molecule has 1 fully saturated rings. The fourth-order valence-corrected chi connectivity index (χ4v) is 4.74. The molecule has 2 amide bonds. The van der Waals surface area contributed by atoms with Gasteiger partial charge in [-0.25, -0.2) is 0 Å². The molecular formula is C22H26N2O2S. The number of likely N-dealkylation sites (N-methyl/N-ethyl adjacent to an activating group) is 1. The smallest absolute Gasteiger partial charge is 0.293 e. The molecule has 142 valence electrons. The van der Waals surface area contributed by atoms with Crippen LogP contribution in [0.15, 0.2) is 35.8 Å². The molecule has 3 rings (SSSR count). The van der Waals surface area contributed by atoms with Crippen molar-refractivity contribution in [2.75, 3.05) is 18.0 Å². The molecule has 5 heteroatoms. The zero-order chi connectivity index (χ0) is 19.9. The summed E-state index contributed by atoms with van der Waals surface area (Å²) in [6, 6.07) is 4.33. The van der Waals surface area contributed by atoms with Gasteiger partial charge in [-0.3, -0.25) is 14.5 Å². The quantitative estimate of drug-likeness (QED) is 0.527. The molecule has 2 heterocycles. The molecule has 0 atom stereocenters. The Bertz CT molecular complexity index is 896. The molecule has 0 spiro atoms. The predicted molar refractivity (Wildman–Crippen MR) is 115 cm³/mol. The van der Waals surface area contributed by atoms with Crippen LogP contribution in [0.4, 0.5) is 10.5 Å². The van der Waals surface area contributed by atoms with Gasteiger partial charge in [0, 0.05) is 24.3 Å². The normalized spacial score (nSPS) is 20.2. The summed E-state index contributed by atoms with van der Waals surface area (Å²) in [7, 11) is 0. The highest BCUT2D eigenvalue weighted by Gasteiger charge is 2.35. The maximum atomic E-state index is 12.5. The van der Waals surface area contributed by atoms with E-state index in [-0.39, 0.29) is 23.2 Å². The van der Waals surface area contributed by atoms with Crippen LogP contribution in [0.1, 0.15) is 44.4 Å². The summed E-state index contributed by atoms with van der Waals surface area (Å²) in [5, 5.41) is -0.239. The van der Waals surface area contributed by atoms with Gasteiger partial charge in [-0.1, -0.05) is 12.2 Å². The van der Waals surface area contributed by atoms with Crippen LogP contribution in [-0.4, -0.2) is 34.7 Å². The first-order chi connectivity index (χ1) is 12.7. The minimum Gasteiger partial charge on any atom is -0.363 e. The van der Waals surface area contributed by atoms with Crippen LogP contribution >= 0.6 is 11.8 Å². The van der Waals surface area contributed by atoms with Gasteiger partial charge in [0.1, 0.15) is 0 Å². The second-order valence-corrected chi connectivity index (χ2v) is 8.53. The number of nitrogens with zero attached hydrogens (tertiary/aromatic N) is 2. The lowest BCUT2D eigenvalue weighted by molar-refractivity contribution is -0.122. The van der Waals surface area contributed by atoms with Crippen molar-refractivity contribution in [2.24, 2.45) is 0 Å². The van der Waals surface area contributed by atoms with E-state index in [1.807, 2.05) is 6.08 Å². The van der Waals surface area contributed by atoms with Gasteiger partial charge < -0.3 is 4.90 Å². The molecule has 1 aromatic carbocycles. The molecule has 0 aliphatic carbocycles. The van der Waals surface area contributed by atoms with Crippen LogP contribution in [0.3, 0.4) is 0 Å². The van der Waals surface area contributed by atoms with Crippen LogP contribution < -0.4 is 4.90 Å². The summed E-state index contributed by atoms with van der Waals surface area (Å²) in [6.45, 7) is 15.6. The molecule has 0 radical (unpaired) electrons. The van der Waals surface area contributed by atoms with Crippen LogP contribution in [0.25, 0.3) is 11.6 Å². The van der Waals surface area contributed by atoms with Gasteiger partial charge >= 0.3 is 0 Å². The topological polar surface area (TPSA) is 40.6 Å². The number of hydrogen-bond donors (Lipinski definition) is 0. The van der Waals surface area contributed by atoms with E-state index in [4.69, 9.17) is 0 Å². The van der Waals surface area contributed by atoms with E-state index in [9.17, 15) is 9.59 Å². The number of anilines is 1. The number of benzene rings is 1. The highest BCUT2D eigenvalue weighted by Crippen LogP contribution is 2.41. The first-order valence-corrected chi connectivity index (χ1v) is 9.99. The molecule has 0 N–H and O–H groups in total. The van der Waals surface area contributed by atoms with Crippen molar-refractivity contribution in [1.29, 1.82) is 0 Å². The lowest BCUT2D eigenvalue weighted by Gasteiger charge is -2.43. The number of hydrogen-bond acceptors (Lipinski definition) is 4. The fraction of sp³-hybridized carbons (Fsp3) is 0.364. The number of imide groups is 1. The van der Waals surface area contributed by atoms with E-state index < -0.39 is 0 Å². The highest BCUT2D eigenvalue weighted by molar-refractivity contribution is 8.18. The summed E-state index contributed by atoms with van der Waals surface area (Å²) in [4.78, 5) is 28.7. The number of carbonyl (C=O) groups excluding carboxylic acids is 2. The molecule has 0 saturated carbocycles. The Labute approximate surface area is 165 Å². The third kappa shape index (κ3) is 3.36. The Morgan fingerprint density at radius 3 is 2.56 bits per heavy atom. The third-order valence-corrected chi connectivity index (χ3v) is 6.06. The third-order valence-electron chi connectivity index (χ3n) is 5.15. The van der Waals surface area contributed by atoms with Crippen molar-refractivity contribution >= 4 is 40.2 Å². The highest BCUT2D eigenvalue weighted by atomic mass is 32.2. The fourth-order valence-electron chi connectivity index (χ4n) is 3.91. The number of carbonyl (C=O) groups is 2. The molecule has 4 nitrogen and oxygen atoms in total. The van der Waals surface area contributed by atoms with Gasteiger partial charge in [-0.2, -0.15) is 0 Å². The molecule has 0 aromatic heterocycles. The Morgan fingerprint density at radius 2 is 1.93 bits per heavy atom. The predicted octanol–water partition coefficient (Wildman–Crippen LogP) is 5.24. The average molecular weight is 383 g/mol. The second-order valence-electron chi connectivity index (χ2n) is 7.53. The maximum absolute atomic E-state index is 12.5. The summed E-state index contributed by atoms with van der Waals surface area (Å²) < 4.78 is 0. The van der Waals surface area contributed by atoms with Crippen molar-refractivity contribution < 1.29 is 9.59 Å². The van der Waals surface area contributed by atoms with E-state index >= 15 is 0 Å². The van der Waals surface area contributed by atoms with Gasteiger partial charge in [0.2, 0.25) is 0 Å². The van der Waals surface area contributed by atoms with Gasteiger partial charge in [-0.05, 0) is 81.3 Å². The van der Waals surface area contributed by atoms with Crippen molar-refractivity contribution in [3.05, 3.63) is 52.5 Å². The average Bonchev–Trinajstić information content (AvgIpc) is 2.84. The van der Waals surface area contributed by atoms with Gasteiger partial charge in [0.25, 0.3) is 11.1 Å². The van der Waals surface area contributed by atoms with Crippen molar-refractivity contribution in [3.63, 3.8) is 0 Å². The Balaban J connectivity index is 2.06. The summed E-state index contributed by atoms with van der Waals surface area (Å²) in [5.74, 6) is -0.245. The summed E-state index contributed by atoms with van der Waals surface area (Å²) >= 11 is 0.994. The Morgan fingerprint density at radius 1 is 1.22 bits per heavy atom. The summed E-state index contributed by atoms with van der Waals surface area (Å²) in [5.41, 5.74) is 5.66. The summed E-state index contributed by atoms with van der Waals surface area (Å²) in [6.07, 6.45) is 5.70. The minimum absolute atomic E-state index is 0.0346. The molecule has 27 heavy (non-hydrogen) atoms. The molecule has 1 saturated heterocycles. The number of fused-ring (bicyclic) bond motifs is 1. The lowest BCUT2D eigenvalue weighted by Crippen LogP contribution is -2.44. The number of rotatable bonds is 4. The minimum atomic E-state index is -0.245. The standard InChI is InChI=1S/C22H26N2O2S/c1-7-9-23-20(25)19(27-21(23)26)12-16-11-17-15(4)13-22(5,6)24(8-2)18(17)10-14(16)3/h7,10-13H,1,8-9H2,2-6H3/b19-12-. The Kier molecular flexibility index (Phi) is 5.08. The van der Waals surface area contributed by atoms with Crippen LogP contribution in [0, 0.1) is 6.92 Å². The number of aryl methyl sites for hydroxylation is 1. The van der Waals surface area contributed by atoms with Crippen LogP contribution in [-0.2, 0) is 4.79 Å². The van der Waals surface area contributed by atoms with Gasteiger partial charge in [0.15, 0.2) is 0 Å². The largest absolute Gasteiger partial charge is 0.363 e. The van der Waals surface area contributed by atoms with E-state index in [1.54, 1.807) is 6.08 Å². The zero-order valence-corrected chi connectivity index (χ0v) is 17.4. The van der Waals surface area contributed by atoms with E-state index in [0.717, 1.165) is 29.4 Å². The van der Waals surface area contributed by atoms with Crippen LogP contribution in [0.5, 0.6) is 0 Å². The maximum Gasteiger partial charge on any atom is 0.293 e. The van der Waals surface area contributed by atoms with Crippen molar-refractivity contribution in [2.45, 2.75) is 40.2 Å². The number of thioether (sulfide) groups is 1. The lowest BCUT2D eigenvalue weighted by atomic mass is 9.87. The van der Waals surface area contributed by atoms with Crippen LogP contribution in [0.2, 0.25) is 0 Å². The van der Waals surface area contributed by atoms with Gasteiger partial charge in [0.05, 0.1) is 10.4 Å². The van der Waals surface area contributed by atoms with E-state index in [1.165, 1.54) is 21.7 Å². The number of allylic oxidation sites excluding steroid dienone is 1. The molecule has 0 bridgehead atoms. The molecule has 2 aliphatic rings. The monoisotopic (exact) mass is 382 g/mol. The van der Waals surface area contributed by atoms with E-state index in [0.29, 0.717) is 4.91 Å². The zero-order valence-electron chi connectivity index (χ0n) is 16.6. The number of amides is 2. The first kappa shape index (κ1) is 19.5. The molecule has 2 aliphatic heterocycles. The van der Waals surface area contributed by atoms with Crippen molar-refractivity contribution in [1.82, 2.24) is 4.90 Å². The van der Waals surface area contributed by atoms with Crippen molar-refractivity contribution in [3.8, 4) is 0 Å².